The van der Waals surface area contributed by atoms with Crippen molar-refractivity contribution in [1.29, 1.82) is 5.26 Å². The van der Waals surface area contributed by atoms with Gasteiger partial charge in [-0.3, -0.25) is 0 Å². The van der Waals surface area contributed by atoms with E-state index in [1.165, 1.54) is 18.2 Å². The van der Waals surface area contributed by atoms with Crippen LogP contribution in [-0.4, -0.2) is 0 Å². The third kappa shape index (κ3) is 3.56. The summed E-state index contributed by atoms with van der Waals surface area (Å²) in [5.74, 6) is -0.307. The molecular formula is C10H11BrFN. The van der Waals surface area contributed by atoms with Gasteiger partial charge >= 0.3 is 0 Å². The van der Waals surface area contributed by atoms with E-state index in [1.807, 2.05) is 19.9 Å². The number of hydrogen-bond acceptors (Lipinski definition) is 1. The summed E-state index contributed by atoms with van der Waals surface area (Å²) in [7, 11) is 0. The number of nitrogens with zero attached hydrogens (tertiary/aromatic N) is 1. The summed E-state index contributed by atoms with van der Waals surface area (Å²) in [5, 5.41) is 9.05. The van der Waals surface area contributed by atoms with Crippen LogP contribution in [0.15, 0.2) is 18.2 Å². The van der Waals surface area contributed by atoms with Crippen LogP contribution in [0.5, 0.6) is 0 Å². The van der Waals surface area contributed by atoms with Crippen molar-refractivity contribution in [1.82, 2.24) is 0 Å². The van der Waals surface area contributed by atoms with E-state index < -0.39 is 0 Å². The zero-order valence-electron chi connectivity index (χ0n) is 7.64. The molecule has 0 unspecified atom stereocenters. The van der Waals surface area contributed by atoms with Crippen LogP contribution < -0.4 is 0 Å². The van der Waals surface area contributed by atoms with Crippen molar-refractivity contribution < 1.29 is 4.39 Å². The van der Waals surface area contributed by atoms with Crippen LogP contribution in [0.2, 0.25) is 0 Å². The Bertz CT molecular complexity index is 304. The lowest BCUT2D eigenvalue weighted by Gasteiger charge is -1.97. The average Bonchev–Trinajstić information content (AvgIpc) is 2.20. The van der Waals surface area contributed by atoms with Gasteiger partial charge in [-0.05, 0) is 23.8 Å². The Balaban J connectivity index is 0.000000671. The van der Waals surface area contributed by atoms with Gasteiger partial charge in [-0.15, -0.1) is 0 Å². The van der Waals surface area contributed by atoms with Crippen molar-refractivity contribution in [3.63, 3.8) is 0 Å². The molecule has 0 bridgehead atoms. The predicted octanol–water partition coefficient (Wildman–Crippen LogP) is 3.62. The number of rotatable bonds is 1. The lowest BCUT2D eigenvalue weighted by molar-refractivity contribution is 0.626. The second-order valence-electron chi connectivity index (χ2n) is 2.05. The third-order valence-electron chi connectivity index (χ3n) is 1.33. The Morgan fingerprint density at radius 3 is 2.54 bits per heavy atom. The summed E-state index contributed by atoms with van der Waals surface area (Å²) in [6, 6.07) is 6.09. The maximum Gasteiger partial charge on any atom is 0.123 e. The van der Waals surface area contributed by atoms with Crippen LogP contribution in [0.4, 0.5) is 4.39 Å². The maximum atomic E-state index is 12.5. The highest BCUT2D eigenvalue weighted by Gasteiger charge is 2.00. The molecule has 1 aromatic rings. The van der Waals surface area contributed by atoms with Crippen molar-refractivity contribution >= 4 is 15.9 Å². The van der Waals surface area contributed by atoms with E-state index in [-0.39, 0.29) is 5.82 Å². The maximum absolute atomic E-state index is 12.5. The summed E-state index contributed by atoms with van der Waals surface area (Å²) in [4.78, 5) is 0. The topological polar surface area (TPSA) is 23.8 Å². The summed E-state index contributed by atoms with van der Waals surface area (Å²) < 4.78 is 12.5. The molecule has 0 fully saturated rings. The molecule has 0 saturated carbocycles. The van der Waals surface area contributed by atoms with Gasteiger partial charge in [0, 0.05) is 5.33 Å². The molecule has 0 aromatic heterocycles. The molecule has 0 aliphatic rings. The van der Waals surface area contributed by atoms with E-state index in [0.717, 1.165) is 0 Å². The fraction of sp³-hybridized carbons (Fsp3) is 0.300. The predicted molar refractivity (Wildman–Crippen MR) is 55.1 cm³/mol. The Morgan fingerprint density at radius 1 is 1.46 bits per heavy atom. The molecule has 13 heavy (non-hydrogen) atoms. The molecule has 1 nitrogen and oxygen atoms in total. The minimum absolute atomic E-state index is 0.307. The second kappa shape index (κ2) is 6.62. The molecule has 1 aromatic carbocycles. The molecule has 0 spiro atoms. The van der Waals surface area contributed by atoms with Crippen molar-refractivity contribution in [2.75, 3.05) is 0 Å². The molecule has 0 heterocycles. The number of benzene rings is 1. The van der Waals surface area contributed by atoms with Crippen molar-refractivity contribution in [3.8, 4) is 6.07 Å². The van der Waals surface area contributed by atoms with E-state index in [4.69, 9.17) is 5.26 Å². The fourth-order valence-electron chi connectivity index (χ4n) is 0.782. The van der Waals surface area contributed by atoms with Crippen LogP contribution in [0.25, 0.3) is 0 Å². The Kier molecular flexibility index (Phi) is 6.17. The van der Waals surface area contributed by atoms with E-state index >= 15 is 0 Å². The van der Waals surface area contributed by atoms with Gasteiger partial charge in [0.2, 0.25) is 0 Å². The standard InChI is InChI=1S/C8H5BrFN.C2H6/c9-4-7-3-8(10)2-1-6(7)5-11;1-2/h1-3H,4H2;1-2H3. The molecule has 70 valence electrons. The number of halogens is 2. The molecule has 0 aliphatic carbocycles. The molecular weight excluding hydrogens is 233 g/mol. The SMILES string of the molecule is CC.N#Cc1ccc(F)cc1CBr. The van der Waals surface area contributed by atoms with Gasteiger partial charge in [-0.25, -0.2) is 4.39 Å². The van der Waals surface area contributed by atoms with E-state index in [1.54, 1.807) is 0 Å². The second-order valence-corrected chi connectivity index (χ2v) is 2.61. The number of nitriles is 1. The average molecular weight is 244 g/mol. The van der Waals surface area contributed by atoms with E-state index in [2.05, 4.69) is 15.9 Å². The lowest BCUT2D eigenvalue weighted by atomic mass is 10.1. The minimum Gasteiger partial charge on any atom is -0.207 e. The van der Waals surface area contributed by atoms with Gasteiger partial charge in [0.15, 0.2) is 0 Å². The van der Waals surface area contributed by atoms with Gasteiger partial charge in [0.05, 0.1) is 11.6 Å². The first-order valence-corrected chi connectivity index (χ1v) is 5.14. The first-order chi connectivity index (χ1) is 6.27. The van der Waals surface area contributed by atoms with E-state index in [9.17, 15) is 4.39 Å². The van der Waals surface area contributed by atoms with Crippen LogP contribution in [0.1, 0.15) is 25.0 Å². The molecule has 0 N–H and O–H groups in total. The van der Waals surface area contributed by atoms with Crippen LogP contribution in [0, 0.1) is 17.1 Å². The molecule has 3 heteroatoms. The van der Waals surface area contributed by atoms with Crippen molar-refractivity contribution in [3.05, 3.63) is 35.1 Å². The summed E-state index contributed by atoms with van der Waals surface area (Å²) in [5.41, 5.74) is 1.20. The summed E-state index contributed by atoms with van der Waals surface area (Å²) in [6.45, 7) is 4.00. The zero-order chi connectivity index (χ0) is 10.3. The molecule has 0 saturated heterocycles. The van der Waals surface area contributed by atoms with Gasteiger partial charge < -0.3 is 0 Å². The fourth-order valence-corrected chi connectivity index (χ4v) is 1.25. The summed E-state index contributed by atoms with van der Waals surface area (Å²) >= 11 is 3.17. The molecule has 0 atom stereocenters. The monoisotopic (exact) mass is 243 g/mol. The van der Waals surface area contributed by atoms with Gasteiger partial charge in [-0.1, -0.05) is 29.8 Å². The van der Waals surface area contributed by atoms with Crippen LogP contribution in [0.3, 0.4) is 0 Å². The zero-order valence-corrected chi connectivity index (χ0v) is 9.23. The van der Waals surface area contributed by atoms with Crippen molar-refractivity contribution in [2.24, 2.45) is 0 Å². The normalized spacial score (nSPS) is 8.23. The van der Waals surface area contributed by atoms with E-state index in [0.29, 0.717) is 16.5 Å². The Hall–Kier alpha value is -0.880. The Morgan fingerprint density at radius 2 is 2.08 bits per heavy atom. The van der Waals surface area contributed by atoms with Crippen LogP contribution >= 0.6 is 15.9 Å². The van der Waals surface area contributed by atoms with Crippen molar-refractivity contribution in [2.45, 2.75) is 19.2 Å². The van der Waals surface area contributed by atoms with Gasteiger partial charge in [0.25, 0.3) is 0 Å². The lowest BCUT2D eigenvalue weighted by Crippen LogP contribution is -1.86. The molecule has 0 radical (unpaired) electrons. The highest BCUT2D eigenvalue weighted by Crippen LogP contribution is 2.13. The molecule has 0 amide bonds. The minimum atomic E-state index is -0.307. The van der Waals surface area contributed by atoms with Crippen LogP contribution in [-0.2, 0) is 5.33 Å². The van der Waals surface area contributed by atoms with Gasteiger partial charge in [0.1, 0.15) is 5.82 Å². The van der Waals surface area contributed by atoms with Gasteiger partial charge in [-0.2, -0.15) is 5.26 Å². The first-order valence-electron chi connectivity index (χ1n) is 4.02. The number of alkyl halides is 1. The quantitative estimate of drug-likeness (QED) is 0.692. The Labute approximate surface area is 86.3 Å². The smallest absolute Gasteiger partial charge is 0.123 e. The number of hydrogen-bond donors (Lipinski definition) is 0. The summed E-state index contributed by atoms with van der Waals surface area (Å²) in [6.07, 6.45) is 0. The third-order valence-corrected chi connectivity index (χ3v) is 1.94. The molecule has 1 rings (SSSR count). The largest absolute Gasteiger partial charge is 0.207 e. The first kappa shape index (κ1) is 12.1. The molecule has 0 aliphatic heterocycles. The highest BCUT2D eigenvalue weighted by atomic mass is 79.9. The highest BCUT2D eigenvalue weighted by molar-refractivity contribution is 9.08.